The Hall–Kier alpha value is -2.69. The molecular weight excluding hydrogens is 551 g/mol. The smallest absolute Gasteiger partial charge is 0.261 e. The molecule has 37 heavy (non-hydrogen) atoms. The molecule has 0 saturated carbocycles. The van der Waals surface area contributed by atoms with E-state index < -0.39 is 10.0 Å². The monoisotopic (exact) mass is 578 g/mol. The molecular formula is C26H28Cl2N4O3S2. The number of halogens is 2. The van der Waals surface area contributed by atoms with Crippen LogP contribution in [0.3, 0.4) is 0 Å². The van der Waals surface area contributed by atoms with Gasteiger partial charge in [-0.1, -0.05) is 22.9 Å². The molecule has 1 aromatic heterocycles. The molecule has 0 saturated heterocycles. The summed E-state index contributed by atoms with van der Waals surface area (Å²) in [5, 5.41) is 1.09. The highest BCUT2D eigenvalue weighted by atomic mass is 35.5. The maximum Gasteiger partial charge on any atom is 0.261 e. The maximum atomic E-state index is 13.5. The molecule has 4 rings (SSSR count). The average molecular weight is 580 g/mol. The third-order valence-corrected chi connectivity index (χ3v) is 8.44. The van der Waals surface area contributed by atoms with E-state index in [0.29, 0.717) is 34.5 Å². The summed E-state index contributed by atoms with van der Waals surface area (Å²) >= 11 is 7.34. The first-order valence-electron chi connectivity index (χ1n) is 11.3. The minimum Gasteiger partial charge on any atom is -0.308 e. The van der Waals surface area contributed by atoms with Crippen LogP contribution in [0, 0.1) is 13.8 Å². The number of fused-ring (bicyclic) bond motifs is 1. The van der Waals surface area contributed by atoms with Gasteiger partial charge in [-0.2, -0.15) is 0 Å². The van der Waals surface area contributed by atoms with Crippen molar-refractivity contribution in [2.24, 2.45) is 0 Å². The van der Waals surface area contributed by atoms with Gasteiger partial charge in [0, 0.05) is 29.4 Å². The van der Waals surface area contributed by atoms with Crippen molar-refractivity contribution in [2.75, 3.05) is 36.8 Å². The summed E-state index contributed by atoms with van der Waals surface area (Å²) in [4.78, 5) is 22.1. The van der Waals surface area contributed by atoms with Crippen LogP contribution < -0.4 is 9.62 Å². The SMILES string of the molecule is Cc1cc2nc(N(CCN(C)C)C(=O)c3ccc(NS(=O)(=O)c4ccc(Cl)cc4)cc3)sc2cc1C.Cl. The van der Waals surface area contributed by atoms with Crippen LogP contribution in [0.15, 0.2) is 65.6 Å². The minimum absolute atomic E-state index is 0. The van der Waals surface area contributed by atoms with Crippen LogP contribution >= 0.6 is 35.3 Å². The van der Waals surface area contributed by atoms with E-state index in [4.69, 9.17) is 16.6 Å². The first kappa shape index (κ1) is 28.9. The lowest BCUT2D eigenvalue weighted by atomic mass is 10.1. The van der Waals surface area contributed by atoms with Gasteiger partial charge in [-0.05, 0) is 99.7 Å². The maximum absolute atomic E-state index is 13.5. The van der Waals surface area contributed by atoms with E-state index in [1.807, 2.05) is 32.0 Å². The number of rotatable bonds is 8. The van der Waals surface area contributed by atoms with Gasteiger partial charge in [0.15, 0.2) is 5.13 Å². The van der Waals surface area contributed by atoms with Gasteiger partial charge in [-0.3, -0.25) is 14.4 Å². The number of amides is 1. The Morgan fingerprint density at radius 3 is 2.22 bits per heavy atom. The quantitative estimate of drug-likeness (QED) is 0.277. The summed E-state index contributed by atoms with van der Waals surface area (Å²) in [6.07, 6.45) is 0. The van der Waals surface area contributed by atoms with E-state index in [1.54, 1.807) is 29.2 Å². The summed E-state index contributed by atoms with van der Waals surface area (Å²) in [6.45, 7) is 5.24. The summed E-state index contributed by atoms with van der Waals surface area (Å²) in [5.41, 5.74) is 4.00. The van der Waals surface area contributed by atoms with Gasteiger partial charge in [-0.25, -0.2) is 13.4 Å². The number of likely N-dealkylation sites (N-methyl/N-ethyl adjacent to an activating group) is 1. The van der Waals surface area contributed by atoms with Crippen molar-refractivity contribution in [3.05, 3.63) is 82.4 Å². The van der Waals surface area contributed by atoms with E-state index in [0.717, 1.165) is 15.8 Å². The third kappa shape index (κ3) is 6.80. The fourth-order valence-electron chi connectivity index (χ4n) is 3.53. The number of benzene rings is 3. The van der Waals surface area contributed by atoms with Crippen molar-refractivity contribution >= 4 is 72.3 Å². The van der Waals surface area contributed by atoms with Crippen LogP contribution in [-0.4, -0.2) is 51.4 Å². The van der Waals surface area contributed by atoms with Crippen LogP contribution in [0.4, 0.5) is 10.8 Å². The zero-order valence-electron chi connectivity index (χ0n) is 20.9. The highest BCUT2D eigenvalue weighted by Gasteiger charge is 2.22. The Bertz CT molecular complexity index is 1460. The van der Waals surface area contributed by atoms with Crippen LogP contribution in [0.5, 0.6) is 0 Å². The van der Waals surface area contributed by atoms with E-state index in [1.165, 1.54) is 41.2 Å². The first-order chi connectivity index (χ1) is 17.0. The van der Waals surface area contributed by atoms with Crippen molar-refractivity contribution in [3.8, 4) is 0 Å². The fourth-order valence-corrected chi connectivity index (χ4v) is 5.79. The number of hydrogen-bond acceptors (Lipinski definition) is 6. The molecule has 0 radical (unpaired) electrons. The molecule has 1 N–H and O–H groups in total. The Kier molecular flexibility index (Phi) is 9.20. The highest BCUT2D eigenvalue weighted by molar-refractivity contribution is 7.92. The fraction of sp³-hybridized carbons (Fsp3) is 0.231. The van der Waals surface area contributed by atoms with Crippen molar-refractivity contribution < 1.29 is 13.2 Å². The minimum atomic E-state index is -3.78. The third-order valence-electron chi connectivity index (χ3n) is 5.75. The van der Waals surface area contributed by atoms with Crippen LogP contribution in [-0.2, 0) is 10.0 Å². The molecule has 0 aliphatic heterocycles. The van der Waals surface area contributed by atoms with Crippen LogP contribution in [0.2, 0.25) is 5.02 Å². The number of carbonyl (C=O) groups is 1. The van der Waals surface area contributed by atoms with E-state index in [-0.39, 0.29) is 23.2 Å². The van der Waals surface area contributed by atoms with Crippen molar-refractivity contribution in [1.29, 1.82) is 0 Å². The molecule has 0 bridgehead atoms. The van der Waals surface area contributed by atoms with Gasteiger partial charge in [0.05, 0.1) is 15.1 Å². The van der Waals surface area contributed by atoms with Gasteiger partial charge in [0.1, 0.15) is 0 Å². The number of aryl methyl sites for hydroxylation is 2. The topological polar surface area (TPSA) is 82.6 Å². The molecule has 0 fully saturated rings. The second kappa shape index (κ2) is 11.8. The summed E-state index contributed by atoms with van der Waals surface area (Å²) in [7, 11) is 0.127. The molecule has 0 aliphatic rings. The number of anilines is 2. The summed E-state index contributed by atoms with van der Waals surface area (Å²) in [5.74, 6) is -0.198. The Labute approximate surface area is 232 Å². The molecule has 7 nitrogen and oxygen atoms in total. The Balaban J connectivity index is 0.00000380. The van der Waals surface area contributed by atoms with Crippen molar-refractivity contribution in [2.45, 2.75) is 18.7 Å². The Morgan fingerprint density at radius 1 is 0.973 bits per heavy atom. The molecule has 0 spiro atoms. The number of aromatic nitrogens is 1. The summed E-state index contributed by atoms with van der Waals surface area (Å²) < 4.78 is 28.9. The molecule has 0 unspecified atom stereocenters. The average Bonchev–Trinajstić information content (AvgIpc) is 3.21. The van der Waals surface area contributed by atoms with Gasteiger partial charge < -0.3 is 4.90 Å². The predicted molar refractivity (Wildman–Crippen MR) is 155 cm³/mol. The molecule has 11 heteroatoms. The molecule has 4 aromatic rings. The molecule has 0 atom stereocenters. The van der Waals surface area contributed by atoms with Gasteiger partial charge in [0.25, 0.3) is 15.9 Å². The molecule has 0 aliphatic carbocycles. The van der Waals surface area contributed by atoms with E-state index >= 15 is 0 Å². The number of thiazole rings is 1. The van der Waals surface area contributed by atoms with Gasteiger partial charge >= 0.3 is 0 Å². The molecule has 196 valence electrons. The lowest BCUT2D eigenvalue weighted by molar-refractivity contribution is 0.0985. The Morgan fingerprint density at radius 2 is 1.59 bits per heavy atom. The lowest BCUT2D eigenvalue weighted by Crippen LogP contribution is -2.36. The van der Waals surface area contributed by atoms with E-state index in [2.05, 4.69) is 17.7 Å². The molecule has 3 aromatic carbocycles. The predicted octanol–water partition coefficient (Wildman–Crippen LogP) is 6.00. The largest absolute Gasteiger partial charge is 0.308 e. The standard InChI is InChI=1S/C26H27ClN4O3S2.ClH/c1-17-15-23-24(16-18(17)2)35-26(28-23)31(14-13-30(3)4)25(32)19-5-9-21(10-6-19)29-36(33,34)22-11-7-20(27)8-12-22;/h5-12,15-16,29H,13-14H2,1-4H3;1H. The number of nitrogens with one attached hydrogen (secondary N) is 1. The molecule has 1 amide bonds. The second-order valence-corrected chi connectivity index (χ2v) is 11.9. The van der Waals surface area contributed by atoms with Gasteiger partial charge in [-0.15, -0.1) is 12.4 Å². The normalized spacial score (nSPS) is 11.4. The number of hydrogen-bond donors (Lipinski definition) is 1. The van der Waals surface area contributed by atoms with Crippen molar-refractivity contribution in [1.82, 2.24) is 9.88 Å². The number of nitrogens with zero attached hydrogens (tertiary/aromatic N) is 3. The molecule has 1 heterocycles. The van der Waals surface area contributed by atoms with Crippen LogP contribution in [0.25, 0.3) is 10.2 Å². The van der Waals surface area contributed by atoms with Gasteiger partial charge in [0.2, 0.25) is 0 Å². The summed E-state index contributed by atoms with van der Waals surface area (Å²) in [6, 6.07) is 16.4. The van der Waals surface area contributed by atoms with Crippen LogP contribution in [0.1, 0.15) is 21.5 Å². The lowest BCUT2D eigenvalue weighted by Gasteiger charge is -2.22. The zero-order chi connectivity index (χ0) is 26.0. The first-order valence-corrected chi connectivity index (χ1v) is 13.9. The zero-order valence-corrected chi connectivity index (χ0v) is 24.1. The number of carbonyl (C=O) groups excluding carboxylic acids is 1. The second-order valence-electron chi connectivity index (χ2n) is 8.80. The van der Waals surface area contributed by atoms with E-state index in [9.17, 15) is 13.2 Å². The van der Waals surface area contributed by atoms with Crippen molar-refractivity contribution in [3.63, 3.8) is 0 Å². The number of sulfonamides is 1. The highest BCUT2D eigenvalue weighted by Crippen LogP contribution is 2.32.